The lowest BCUT2D eigenvalue weighted by atomic mass is 9.43. The van der Waals surface area contributed by atoms with E-state index in [9.17, 15) is 9.59 Å². The SMILES string of the molecule is COC1(C(=O)O[C@H]2CC3Cc4c([nH]c5ccccc45)[C@]3(C)C3(C)CCC45OC(C(=O)C=C4C23)C(C)(C)O5)CC1. The highest BCUT2D eigenvalue weighted by molar-refractivity contribution is 5.97. The van der Waals surface area contributed by atoms with Crippen LogP contribution in [0.4, 0.5) is 0 Å². The van der Waals surface area contributed by atoms with Gasteiger partial charge in [-0.05, 0) is 80.6 Å². The van der Waals surface area contributed by atoms with Crippen molar-refractivity contribution >= 4 is 22.7 Å². The largest absolute Gasteiger partial charge is 0.460 e. The Bertz CT molecular complexity index is 1480. The summed E-state index contributed by atoms with van der Waals surface area (Å²) in [5.41, 5.74) is 2.64. The molecule has 1 aromatic carbocycles. The van der Waals surface area contributed by atoms with E-state index in [1.54, 1.807) is 13.2 Å². The number of rotatable bonds is 3. The summed E-state index contributed by atoms with van der Waals surface area (Å²) in [5.74, 6) is -1.22. The molecule has 1 saturated heterocycles. The lowest BCUT2D eigenvalue weighted by Crippen LogP contribution is -2.64. The molecule has 3 heterocycles. The van der Waals surface area contributed by atoms with Crippen molar-refractivity contribution in [2.24, 2.45) is 17.3 Å². The van der Waals surface area contributed by atoms with Crippen LogP contribution in [0, 0.1) is 17.3 Å². The lowest BCUT2D eigenvalue weighted by molar-refractivity contribution is -0.225. The van der Waals surface area contributed by atoms with Gasteiger partial charge in [0.15, 0.2) is 23.3 Å². The molecule has 0 amide bonds. The van der Waals surface area contributed by atoms with E-state index in [0.29, 0.717) is 31.6 Å². The molecular weight excluding hydrogens is 494 g/mol. The molecule has 1 N–H and O–H groups in total. The molecule has 7 nitrogen and oxygen atoms in total. The number of aromatic nitrogens is 1. The molecule has 5 unspecified atom stereocenters. The van der Waals surface area contributed by atoms with Gasteiger partial charge in [-0.1, -0.05) is 32.0 Å². The molecule has 2 aromatic rings. The Morgan fingerprint density at radius 2 is 1.85 bits per heavy atom. The van der Waals surface area contributed by atoms with Crippen LogP contribution in [0.3, 0.4) is 0 Å². The molecule has 3 saturated carbocycles. The van der Waals surface area contributed by atoms with Crippen LogP contribution >= 0.6 is 0 Å². The van der Waals surface area contributed by atoms with Crippen LogP contribution in [0.2, 0.25) is 0 Å². The molecule has 0 radical (unpaired) electrons. The summed E-state index contributed by atoms with van der Waals surface area (Å²) in [4.78, 5) is 30.8. The first-order valence-corrected chi connectivity index (χ1v) is 14.5. The minimum Gasteiger partial charge on any atom is -0.460 e. The van der Waals surface area contributed by atoms with Crippen LogP contribution in [0.1, 0.15) is 71.1 Å². The predicted octanol–water partition coefficient (Wildman–Crippen LogP) is 4.91. The molecule has 1 aromatic heterocycles. The van der Waals surface area contributed by atoms with E-state index < -0.39 is 29.2 Å². The third-order valence-corrected chi connectivity index (χ3v) is 11.8. The number of carbonyl (C=O) groups is 2. The van der Waals surface area contributed by atoms with Gasteiger partial charge in [0.05, 0.1) is 0 Å². The van der Waals surface area contributed by atoms with Gasteiger partial charge < -0.3 is 23.9 Å². The molecule has 7 heteroatoms. The molecule has 4 fully saturated rings. The second-order valence-corrected chi connectivity index (χ2v) is 13.9. The summed E-state index contributed by atoms with van der Waals surface area (Å²) in [6.45, 7) is 8.62. The number of esters is 1. The molecule has 6 aliphatic rings. The average Bonchev–Trinajstić information content (AvgIpc) is 3.47. The normalized spacial score (nSPS) is 42.3. The molecule has 8 rings (SSSR count). The van der Waals surface area contributed by atoms with Gasteiger partial charge in [-0.3, -0.25) is 4.79 Å². The van der Waals surface area contributed by atoms with Gasteiger partial charge in [-0.2, -0.15) is 0 Å². The fraction of sp³-hybridized carbons (Fsp3) is 0.625. The summed E-state index contributed by atoms with van der Waals surface area (Å²) in [6.07, 6.45) is 5.29. The van der Waals surface area contributed by atoms with Crippen molar-refractivity contribution in [1.82, 2.24) is 4.98 Å². The number of carbonyl (C=O) groups excluding carboxylic acids is 2. The van der Waals surface area contributed by atoms with Gasteiger partial charge >= 0.3 is 5.97 Å². The quantitative estimate of drug-likeness (QED) is 0.567. The first-order chi connectivity index (χ1) is 18.5. The van der Waals surface area contributed by atoms with Crippen LogP contribution < -0.4 is 0 Å². The molecule has 7 atom stereocenters. The summed E-state index contributed by atoms with van der Waals surface area (Å²) in [6, 6.07) is 8.54. The zero-order chi connectivity index (χ0) is 27.2. The molecular formula is C32H37NO6. The van der Waals surface area contributed by atoms with E-state index >= 15 is 0 Å². The number of H-pyrrole nitrogens is 1. The third kappa shape index (κ3) is 2.79. The van der Waals surface area contributed by atoms with Crippen LogP contribution in [0.5, 0.6) is 0 Å². The van der Waals surface area contributed by atoms with Crippen LogP contribution in [0.15, 0.2) is 35.9 Å². The summed E-state index contributed by atoms with van der Waals surface area (Å²) in [5, 5.41) is 1.28. The van der Waals surface area contributed by atoms with Crippen molar-refractivity contribution in [2.45, 2.75) is 101 Å². The van der Waals surface area contributed by atoms with Gasteiger partial charge in [-0.25, -0.2) is 4.79 Å². The fourth-order valence-corrected chi connectivity index (χ4v) is 9.36. The predicted molar refractivity (Wildman–Crippen MR) is 143 cm³/mol. The molecule has 1 spiro atoms. The molecule has 39 heavy (non-hydrogen) atoms. The summed E-state index contributed by atoms with van der Waals surface area (Å²) in [7, 11) is 1.59. The van der Waals surface area contributed by atoms with E-state index in [-0.39, 0.29) is 28.5 Å². The van der Waals surface area contributed by atoms with Crippen LogP contribution in [-0.2, 0) is 40.4 Å². The first-order valence-electron chi connectivity index (χ1n) is 14.5. The summed E-state index contributed by atoms with van der Waals surface area (Å²) < 4.78 is 25.2. The zero-order valence-electron chi connectivity index (χ0n) is 23.4. The Hall–Kier alpha value is -2.48. The summed E-state index contributed by atoms with van der Waals surface area (Å²) >= 11 is 0. The lowest BCUT2D eigenvalue weighted by Gasteiger charge is -2.63. The molecule has 4 aliphatic carbocycles. The van der Waals surface area contributed by atoms with Crippen molar-refractivity contribution in [3.8, 4) is 0 Å². The number of aromatic amines is 1. The Balaban J connectivity index is 1.30. The standard InChI is InChI=1S/C32H37NO6/c1-28(2)26-22(34)16-20-24-23(37-27(35)31(36-5)11-12-31)15-17-14-19-18-8-6-7-9-21(18)33-25(19)30(17,4)29(24,3)10-13-32(20,38-26)39-28/h6-9,16-17,23-24,26,33H,10-15H2,1-5H3/t17?,23-,24?,26?,29?,30+,32?/m0/s1. The maximum Gasteiger partial charge on any atom is 0.338 e. The van der Waals surface area contributed by atoms with Crippen LogP contribution in [-0.4, -0.2) is 53.0 Å². The Morgan fingerprint density at radius 1 is 1.08 bits per heavy atom. The van der Waals surface area contributed by atoms with Gasteiger partial charge in [0.1, 0.15) is 11.7 Å². The maximum atomic E-state index is 13.5. The van der Waals surface area contributed by atoms with Gasteiger partial charge in [-0.15, -0.1) is 0 Å². The number of benzene rings is 1. The number of fused-ring (bicyclic) bond motifs is 9. The number of hydrogen-bond donors (Lipinski definition) is 1. The van der Waals surface area contributed by atoms with E-state index in [4.69, 9.17) is 18.9 Å². The van der Waals surface area contributed by atoms with E-state index in [1.165, 1.54) is 16.6 Å². The van der Waals surface area contributed by atoms with Gasteiger partial charge in [0.2, 0.25) is 0 Å². The zero-order valence-corrected chi connectivity index (χ0v) is 23.4. The van der Waals surface area contributed by atoms with Gasteiger partial charge in [0, 0.05) is 41.5 Å². The van der Waals surface area contributed by atoms with Crippen LogP contribution in [0.25, 0.3) is 10.9 Å². The smallest absolute Gasteiger partial charge is 0.338 e. The first kappa shape index (κ1) is 24.3. The highest BCUT2D eigenvalue weighted by Gasteiger charge is 2.72. The number of methoxy groups -OCH3 is 1. The third-order valence-electron chi connectivity index (χ3n) is 11.8. The number of ether oxygens (including phenoxy) is 4. The fourth-order valence-electron chi connectivity index (χ4n) is 9.36. The van der Waals surface area contributed by atoms with Crippen molar-refractivity contribution in [3.63, 3.8) is 0 Å². The average molecular weight is 532 g/mol. The number of nitrogens with one attached hydrogen (secondary N) is 1. The number of para-hydroxylation sites is 1. The Kier molecular flexibility index (Phi) is 4.51. The minimum absolute atomic E-state index is 0.0574. The monoisotopic (exact) mass is 531 g/mol. The van der Waals surface area contributed by atoms with Crippen molar-refractivity contribution in [2.75, 3.05) is 7.11 Å². The highest BCUT2D eigenvalue weighted by atomic mass is 16.8. The highest BCUT2D eigenvalue weighted by Crippen LogP contribution is 2.71. The number of ketones is 1. The van der Waals surface area contributed by atoms with Crippen molar-refractivity contribution in [3.05, 3.63) is 47.2 Å². The Labute approximate surface area is 228 Å². The van der Waals surface area contributed by atoms with E-state index in [1.807, 2.05) is 13.8 Å². The van der Waals surface area contributed by atoms with Crippen molar-refractivity contribution < 1.29 is 28.5 Å². The molecule has 2 aliphatic heterocycles. The second-order valence-electron chi connectivity index (χ2n) is 13.9. The second kappa shape index (κ2) is 7.23. The minimum atomic E-state index is -0.958. The van der Waals surface area contributed by atoms with E-state index in [0.717, 1.165) is 23.9 Å². The molecule has 206 valence electrons. The Morgan fingerprint density at radius 3 is 2.59 bits per heavy atom. The van der Waals surface area contributed by atoms with Crippen molar-refractivity contribution in [1.29, 1.82) is 0 Å². The van der Waals surface area contributed by atoms with E-state index in [2.05, 4.69) is 43.1 Å². The van der Waals surface area contributed by atoms with Gasteiger partial charge in [0.25, 0.3) is 0 Å². The number of hydrogen-bond acceptors (Lipinski definition) is 6. The topological polar surface area (TPSA) is 86.9 Å². The maximum absolute atomic E-state index is 13.5. The molecule has 2 bridgehead atoms.